The van der Waals surface area contributed by atoms with Crippen LogP contribution in [0.25, 0.3) is 0 Å². The summed E-state index contributed by atoms with van der Waals surface area (Å²) >= 11 is 7.87. The van der Waals surface area contributed by atoms with Crippen molar-refractivity contribution in [2.75, 3.05) is 14.1 Å². The number of hydrogen-bond donors (Lipinski definition) is 0. The van der Waals surface area contributed by atoms with Crippen LogP contribution in [0.4, 0.5) is 0 Å². The van der Waals surface area contributed by atoms with Gasteiger partial charge in [0.2, 0.25) is 0 Å². The molecule has 0 atom stereocenters. The maximum atomic E-state index is 6.17. The Morgan fingerprint density at radius 3 is 2.47 bits per heavy atom. The van der Waals surface area contributed by atoms with Crippen LogP contribution in [0, 0.1) is 0 Å². The quantitative estimate of drug-likeness (QED) is 0.843. The second kappa shape index (κ2) is 7.81. The van der Waals surface area contributed by atoms with Gasteiger partial charge in [-0.2, -0.15) is 0 Å². The number of rotatable bonds is 4. The summed E-state index contributed by atoms with van der Waals surface area (Å²) in [6.45, 7) is 0.955. The molecule has 0 unspecified atom stereocenters. The molecule has 0 aliphatic rings. The second-order valence-corrected chi connectivity index (χ2v) is 5.94. The van der Waals surface area contributed by atoms with E-state index < -0.39 is 0 Å². The Balaban J connectivity index is 0.00000180. The molecule has 0 aliphatic heterocycles. The van der Waals surface area contributed by atoms with Gasteiger partial charge in [-0.1, -0.05) is 47.6 Å². The zero-order chi connectivity index (χ0) is 13.0. The summed E-state index contributed by atoms with van der Waals surface area (Å²) in [5, 5.41) is 0.806. The molecule has 2 rings (SSSR count). The lowest BCUT2D eigenvalue weighted by Gasteiger charge is -2.11. The Morgan fingerprint density at radius 1 is 1.05 bits per heavy atom. The highest BCUT2D eigenvalue weighted by molar-refractivity contribution is 7.99. The van der Waals surface area contributed by atoms with E-state index in [-0.39, 0.29) is 12.4 Å². The molecule has 0 saturated carbocycles. The Labute approximate surface area is 130 Å². The molecule has 0 radical (unpaired) electrons. The van der Waals surface area contributed by atoms with Crippen molar-refractivity contribution in [1.82, 2.24) is 4.90 Å². The lowest BCUT2D eigenvalue weighted by molar-refractivity contribution is -0.00000365. The molecule has 4 heteroatoms. The fourth-order valence-electron chi connectivity index (χ4n) is 1.73. The maximum absolute atomic E-state index is 6.17. The van der Waals surface area contributed by atoms with Crippen molar-refractivity contribution < 1.29 is 12.4 Å². The van der Waals surface area contributed by atoms with Crippen molar-refractivity contribution in [3.63, 3.8) is 0 Å². The first kappa shape index (κ1) is 16.4. The molecule has 2 aromatic carbocycles. The second-order valence-electron chi connectivity index (χ2n) is 4.42. The highest BCUT2D eigenvalue weighted by Gasteiger charge is 2.03. The van der Waals surface area contributed by atoms with Gasteiger partial charge < -0.3 is 17.3 Å². The fraction of sp³-hybridized carbons (Fsp3) is 0.200. The van der Waals surface area contributed by atoms with E-state index in [4.69, 9.17) is 11.6 Å². The summed E-state index contributed by atoms with van der Waals surface area (Å²) in [6.07, 6.45) is 0. The third-order valence-electron chi connectivity index (χ3n) is 2.46. The molecular formula is C15H16Cl2NS-. The van der Waals surface area contributed by atoms with Crippen LogP contribution in [0.1, 0.15) is 5.56 Å². The monoisotopic (exact) mass is 312 g/mol. The number of benzene rings is 2. The van der Waals surface area contributed by atoms with Crippen molar-refractivity contribution >= 4 is 23.4 Å². The molecule has 1 nitrogen and oxygen atoms in total. The fourth-order valence-corrected chi connectivity index (χ4v) is 2.90. The molecule has 0 bridgehead atoms. The molecule has 0 N–H and O–H groups in total. The van der Waals surface area contributed by atoms with Crippen LogP contribution >= 0.6 is 23.4 Å². The molecular weight excluding hydrogens is 297 g/mol. The van der Waals surface area contributed by atoms with Gasteiger partial charge in [0.05, 0.1) is 5.02 Å². The average molecular weight is 313 g/mol. The SMILES string of the molecule is CN(C)Cc1cccc(Sc2ccccc2Cl)c1.[Cl-]. The highest BCUT2D eigenvalue weighted by atomic mass is 35.5. The van der Waals surface area contributed by atoms with E-state index >= 15 is 0 Å². The van der Waals surface area contributed by atoms with Crippen LogP contribution in [0.5, 0.6) is 0 Å². The Morgan fingerprint density at radius 2 is 1.79 bits per heavy atom. The Hall–Kier alpha value is -0.670. The van der Waals surface area contributed by atoms with E-state index in [2.05, 4.69) is 43.3 Å². The zero-order valence-corrected chi connectivity index (χ0v) is 13.3. The molecule has 0 aromatic heterocycles. The minimum atomic E-state index is 0. The largest absolute Gasteiger partial charge is 1.00 e. The summed E-state index contributed by atoms with van der Waals surface area (Å²) in [4.78, 5) is 4.49. The Bertz CT molecular complexity index is 529. The predicted molar refractivity (Wildman–Crippen MR) is 79.4 cm³/mol. The van der Waals surface area contributed by atoms with Crippen molar-refractivity contribution in [3.05, 3.63) is 59.1 Å². The maximum Gasteiger partial charge on any atom is 0.0545 e. The lowest BCUT2D eigenvalue weighted by Crippen LogP contribution is -3.00. The van der Waals surface area contributed by atoms with Crippen LogP contribution in [0.15, 0.2) is 58.3 Å². The molecule has 0 amide bonds. The normalized spacial score (nSPS) is 10.3. The van der Waals surface area contributed by atoms with Crippen LogP contribution in [-0.4, -0.2) is 19.0 Å². The molecule has 2 aromatic rings. The highest BCUT2D eigenvalue weighted by Crippen LogP contribution is 2.33. The van der Waals surface area contributed by atoms with E-state index in [1.165, 1.54) is 10.5 Å². The van der Waals surface area contributed by atoms with E-state index in [0.29, 0.717) is 0 Å². The summed E-state index contributed by atoms with van der Waals surface area (Å²) in [6, 6.07) is 16.5. The number of halogens is 2. The third-order valence-corrected chi connectivity index (χ3v) is 3.97. The number of hydrogen-bond acceptors (Lipinski definition) is 2. The van der Waals surface area contributed by atoms with Gasteiger partial charge in [-0.25, -0.2) is 0 Å². The van der Waals surface area contributed by atoms with Gasteiger partial charge in [0.15, 0.2) is 0 Å². The number of nitrogens with zero attached hydrogens (tertiary/aromatic N) is 1. The van der Waals surface area contributed by atoms with Crippen LogP contribution in [0.3, 0.4) is 0 Å². The van der Waals surface area contributed by atoms with Gasteiger partial charge in [0.1, 0.15) is 0 Å². The van der Waals surface area contributed by atoms with E-state index in [9.17, 15) is 0 Å². The van der Waals surface area contributed by atoms with E-state index in [1.54, 1.807) is 11.8 Å². The van der Waals surface area contributed by atoms with Gasteiger partial charge in [-0.3, -0.25) is 0 Å². The predicted octanol–water partition coefficient (Wildman–Crippen LogP) is 1.56. The van der Waals surface area contributed by atoms with Crippen LogP contribution in [-0.2, 0) is 6.54 Å². The summed E-state index contributed by atoms with van der Waals surface area (Å²) in [7, 11) is 4.15. The molecule has 102 valence electrons. The molecule has 0 aliphatic carbocycles. The van der Waals surface area contributed by atoms with Crippen molar-refractivity contribution in [3.8, 4) is 0 Å². The Kier molecular flexibility index (Phi) is 6.73. The van der Waals surface area contributed by atoms with Crippen molar-refractivity contribution in [1.29, 1.82) is 0 Å². The summed E-state index contributed by atoms with van der Waals surface area (Å²) in [5.74, 6) is 0. The van der Waals surface area contributed by atoms with Gasteiger partial charge in [-0.05, 0) is 43.9 Å². The third kappa shape index (κ3) is 5.07. The molecule has 0 saturated heterocycles. The van der Waals surface area contributed by atoms with E-state index in [1.807, 2.05) is 24.3 Å². The van der Waals surface area contributed by atoms with Crippen LogP contribution in [0.2, 0.25) is 5.02 Å². The van der Waals surface area contributed by atoms with Gasteiger partial charge >= 0.3 is 0 Å². The van der Waals surface area contributed by atoms with Gasteiger partial charge in [0, 0.05) is 16.3 Å². The smallest absolute Gasteiger partial charge is 0.0545 e. The molecule has 19 heavy (non-hydrogen) atoms. The topological polar surface area (TPSA) is 3.24 Å². The van der Waals surface area contributed by atoms with E-state index in [0.717, 1.165) is 16.5 Å². The molecule has 0 spiro atoms. The van der Waals surface area contributed by atoms with Crippen LogP contribution < -0.4 is 12.4 Å². The van der Waals surface area contributed by atoms with Crippen molar-refractivity contribution in [2.45, 2.75) is 16.3 Å². The minimum Gasteiger partial charge on any atom is -1.00 e. The van der Waals surface area contributed by atoms with Gasteiger partial charge in [0.25, 0.3) is 0 Å². The molecule has 0 heterocycles. The lowest BCUT2D eigenvalue weighted by atomic mass is 10.2. The zero-order valence-electron chi connectivity index (χ0n) is 10.9. The first-order valence-corrected chi connectivity index (χ1v) is 7.00. The standard InChI is InChI=1S/C15H16ClNS.ClH/c1-17(2)11-12-6-5-7-13(10-12)18-15-9-4-3-8-14(15)16;/h3-10H,11H2,1-2H3;1H/p-1. The van der Waals surface area contributed by atoms with Crippen molar-refractivity contribution in [2.24, 2.45) is 0 Å². The first-order valence-electron chi connectivity index (χ1n) is 5.81. The summed E-state index contributed by atoms with van der Waals surface area (Å²) < 4.78 is 0. The average Bonchev–Trinajstić information content (AvgIpc) is 2.32. The first-order chi connectivity index (χ1) is 8.65. The molecule has 0 fully saturated rings. The minimum absolute atomic E-state index is 0. The van der Waals surface area contributed by atoms with Gasteiger partial charge in [-0.15, -0.1) is 0 Å². The summed E-state index contributed by atoms with van der Waals surface area (Å²) in [5.41, 5.74) is 1.32.